The number of anilines is 3. The van der Waals surface area contributed by atoms with Gasteiger partial charge >= 0.3 is 0 Å². The number of rotatable bonds is 4. The van der Waals surface area contributed by atoms with E-state index in [1.807, 2.05) is 32.0 Å². The van der Waals surface area contributed by atoms with Crippen LogP contribution >= 0.6 is 0 Å². The molecule has 3 rings (SSSR count). The Kier molecular flexibility index (Phi) is 4.24. The molecule has 0 atom stereocenters. The normalized spacial score (nSPS) is 10.5. The lowest BCUT2D eigenvalue weighted by Crippen LogP contribution is -2.14. The summed E-state index contributed by atoms with van der Waals surface area (Å²) >= 11 is 0. The zero-order valence-electron chi connectivity index (χ0n) is 13.6. The first-order chi connectivity index (χ1) is 11.5. The Morgan fingerprint density at radius 1 is 1.04 bits per heavy atom. The number of carbonyl (C=O) groups is 1. The van der Waals surface area contributed by atoms with E-state index in [1.165, 1.54) is 5.56 Å². The Hall–Kier alpha value is -3.22. The van der Waals surface area contributed by atoms with Gasteiger partial charge in [0.2, 0.25) is 0 Å². The largest absolute Gasteiger partial charge is 0.360 e. The molecule has 0 spiro atoms. The van der Waals surface area contributed by atoms with Gasteiger partial charge in [-0.1, -0.05) is 17.3 Å². The van der Waals surface area contributed by atoms with Gasteiger partial charge in [0.25, 0.3) is 5.91 Å². The lowest BCUT2D eigenvalue weighted by molar-refractivity contribution is 0.102. The van der Waals surface area contributed by atoms with E-state index in [4.69, 9.17) is 4.52 Å². The summed E-state index contributed by atoms with van der Waals surface area (Å²) < 4.78 is 4.90. The minimum atomic E-state index is -0.394. The number of carbonyl (C=O) groups excluding carboxylic acids is 1. The summed E-state index contributed by atoms with van der Waals surface area (Å²) in [7, 11) is 0. The zero-order valence-corrected chi connectivity index (χ0v) is 13.6. The number of benzene rings is 1. The van der Waals surface area contributed by atoms with Gasteiger partial charge in [0, 0.05) is 11.8 Å². The minimum absolute atomic E-state index is 0.196. The van der Waals surface area contributed by atoms with Gasteiger partial charge in [0.05, 0.1) is 0 Å². The van der Waals surface area contributed by atoms with Crippen molar-refractivity contribution in [3.05, 3.63) is 59.0 Å². The van der Waals surface area contributed by atoms with Gasteiger partial charge < -0.3 is 15.2 Å². The van der Waals surface area contributed by atoms with Gasteiger partial charge in [-0.2, -0.15) is 0 Å². The molecule has 7 heteroatoms. The molecular weight excluding hydrogens is 306 g/mol. The number of nitrogens with one attached hydrogen (secondary N) is 2. The van der Waals surface area contributed by atoms with Crippen molar-refractivity contribution in [1.29, 1.82) is 0 Å². The second-order valence-corrected chi connectivity index (χ2v) is 5.45. The van der Waals surface area contributed by atoms with E-state index >= 15 is 0 Å². The first kappa shape index (κ1) is 15.7. The predicted molar refractivity (Wildman–Crippen MR) is 90.4 cm³/mol. The smallest absolute Gasteiger partial charge is 0.277 e. The highest BCUT2D eigenvalue weighted by Crippen LogP contribution is 2.21. The lowest BCUT2D eigenvalue weighted by atomic mass is 10.1. The molecule has 0 saturated carbocycles. The van der Waals surface area contributed by atoms with Gasteiger partial charge in [0.15, 0.2) is 17.3 Å². The van der Waals surface area contributed by atoms with Gasteiger partial charge in [0.1, 0.15) is 5.76 Å². The molecule has 7 nitrogen and oxygen atoms in total. The summed E-state index contributed by atoms with van der Waals surface area (Å²) in [6, 6.07) is 10.9. The number of aryl methyl sites for hydroxylation is 2. The first-order valence-corrected chi connectivity index (χ1v) is 7.44. The fourth-order valence-electron chi connectivity index (χ4n) is 2.15. The SMILES string of the molecule is Cc1cc(NC(=O)c2ccc(Nc3cccc(C)c3C)nn2)no1. The van der Waals surface area contributed by atoms with Crippen molar-refractivity contribution in [2.45, 2.75) is 20.8 Å². The number of hydrogen-bond acceptors (Lipinski definition) is 6. The summed E-state index contributed by atoms with van der Waals surface area (Å²) in [6.07, 6.45) is 0. The van der Waals surface area contributed by atoms with E-state index in [1.54, 1.807) is 25.1 Å². The van der Waals surface area contributed by atoms with E-state index in [-0.39, 0.29) is 5.69 Å². The summed E-state index contributed by atoms with van der Waals surface area (Å²) in [5.41, 5.74) is 3.48. The fraction of sp³-hybridized carbons (Fsp3) is 0.176. The van der Waals surface area contributed by atoms with Crippen molar-refractivity contribution < 1.29 is 9.32 Å². The molecule has 2 heterocycles. The molecular formula is C17H17N5O2. The van der Waals surface area contributed by atoms with Crippen molar-refractivity contribution in [3.8, 4) is 0 Å². The van der Waals surface area contributed by atoms with Crippen molar-refractivity contribution >= 4 is 23.2 Å². The summed E-state index contributed by atoms with van der Waals surface area (Å²) in [6.45, 7) is 5.83. The lowest BCUT2D eigenvalue weighted by Gasteiger charge is -2.10. The number of amides is 1. The molecule has 0 aliphatic heterocycles. The van der Waals surface area contributed by atoms with Crippen LogP contribution in [0, 0.1) is 20.8 Å². The Morgan fingerprint density at radius 3 is 2.54 bits per heavy atom. The minimum Gasteiger partial charge on any atom is -0.360 e. The maximum absolute atomic E-state index is 12.1. The summed E-state index contributed by atoms with van der Waals surface area (Å²) in [4.78, 5) is 12.1. The van der Waals surface area contributed by atoms with Crippen LogP contribution in [0.15, 0.2) is 40.9 Å². The number of aromatic nitrogens is 3. The molecule has 1 amide bonds. The van der Waals surface area contributed by atoms with Crippen LogP contribution in [-0.4, -0.2) is 21.3 Å². The second kappa shape index (κ2) is 6.49. The number of hydrogen-bond donors (Lipinski definition) is 2. The van der Waals surface area contributed by atoms with Gasteiger partial charge in [-0.25, -0.2) is 0 Å². The van der Waals surface area contributed by atoms with Crippen molar-refractivity contribution in [2.24, 2.45) is 0 Å². The second-order valence-electron chi connectivity index (χ2n) is 5.45. The average molecular weight is 323 g/mol. The molecule has 24 heavy (non-hydrogen) atoms. The highest BCUT2D eigenvalue weighted by molar-refractivity contribution is 6.02. The summed E-state index contributed by atoms with van der Waals surface area (Å²) in [5, 5.41) is 17.5. The highest BCUT2D eigenvalue weighted by atomic mass is 16.5. The monoisotopic (exact) mass is 323 g/mol. The summed E-state index contributed by atoms with van der Waals surface area (Å²) in [5.74, 6) is 1.13. The molecule has 0 aliphatic rings. The van der Waals surface area contributed by atoms with Crippen LogP contribution < -0.4 is 10.6 Å². The van der Waals surface area contributed by atoms with Crippen molar-refractivity contribution in [2.75, 3.05) is 10.6 Å². The fourth-order valence-corrected chi connectivity index (χ4v) is 2.15. The van der Waals surface area contributed by atoms with E-state index in [0.29, 0.717) is 17.4 Å². The van der Waals surface area contributed by atoms with Crippen LogP contribution in [0.1, 0.15) is 27.4 Å². The molecule has 0 bridgehead atoms. The van der Waals surface area contributed by atoms with E-state index in [0.717, 1.165) is 11.3 Å². The molecule has 0 aliphatic carbocycles. The molecule has 0 saturated heterocycles. The molecule has 122 valence electrons. The van der Waals surface area contributed by atoms with Crippen LogP contribution in [0.25, 0.3) is 0 Å². The van der Waals surface area contributed by atoms with Crippen LogP contribution in [0.4, 0.5) is 17.3 Å². The number of nitrogens with zero attached hydrogens (tertiary/aromatic N) is 3. The quantitative estimate of drug-likeness (QED) is 0.764. The van der Waals surface area contributed by atoms with E-state index in [2.05, 4.69) is 26.0 Å². The predicted octanol–water partition coefficient (Wildman–Crippen LogP) is 3.39. The van der Waals surface area contributed by atoms with Crippen molar-refractivity contribution in [3.63, 3.8) is 0 Å². The molecule has 0 radical (unpaired) electrons. The third-order valence-corrected chi connectivity index (χ3v) is 3.63. The van der Waals surface area contributed by atoms with Gasteiger partial charge in [-0.3, -0.25) is 4.79 Å². The van der Waals surface area contributed by atoms with Crippen molar-refractivity contribution in [1.82, 2.24) is 15.4 Å². The van der Waals surface area contributed by atoms with Crippen LogP contribution in [0.3, 0.4) is 0 Å². The average Bonchev–Trinajstić information content (AvgIpc) is 2.97. The Bertz CT molecular complexity index is 871. The van der Waals surface area contributed by atoms with Crippen LogP contribution in [0.5, 0.6) is 0 Å². The molecule has 0 fully saturated rings. The Labute approximate surface area is 139 Å². The van der Waals surface area contributed by atoms with Gasteiger partial charge in [-0.05, 0) is 50.1 Å². The zero-order chi connectivity index (χ0) is 17.1. The van der Waals surface area contributed by atoms with Crippen LogP contribution in [-0.2, 0) is 0 Å². The van der Waals surface area contributed by atoms with Gasteiger partial charge in [-0.15, -0.1) is 10.2 Å². The maximum atomic E-state index is 12.1. The highest BCUT2D eigenvalue weighted by Gasteiger charge is 2.11. The maximum Gasteiger partial charge on any atom is 0.277 e. The van der Waals surface area contributed by atoms with E-state index in [9.17, 15) is 4.79 Å². The first-order valence-electron chi connectivity index (χ1n) is 7.44. The Morgan fingerprint density at radius 2 is 1.88 bits per heavy atom. The standard InChI is InChI=1S/C17H17N5O2/c1-10-5-4-6-13(12(10)3)18-15-8-7-14(20-21-15)17(23)19-16-9-11(2)24-22-16/h4-9H,1-3H3,(H,18,21)(H,19,22,23). The Balaban J connectivity index is 1.71. The van der Waals surface area contributed by atoms with E-state index < -0.39 is 5.91 Å². The third-order valence-electron chi connectivity index (χ3n) is 3.63. The third kappa shape index (κ3) is 3.40. The molecule has 0 unspecified atom stereocenters. The molecule has 2 N–H and O–H groups in total. The van der Waals surface area contributed by atoms with Crippen LogP contribution in [0.2, 0.25) is 0 Å². The topological polar surface area (TPSA) is 92.9 Å². The molecule has 1 aromatic carbocycles. The molecule has 2 aromatic heterocycles. The molecule has 3 aromatic rings.